The Bertz CT molecular complexity index is 3490. The largest absolute Gasteiger partial charge is 0.310 e. The lowest BCUT2D eigenvalue weighted by molar-refractivity contribution is -0.0399. The van der Waals surface area contributed by atoms with Crippen LogP contribution in [0.25, 0.3) is 44.5 Å². The Morgan fingerprint density at radius 3 is 1.46 bits per heavy atom. The highest BCUT2D eigenvalue weighted by molar-refractivity contribution is 5.93. The molecule has 332 valence electrons. The molecule has 7 aliphatic carbocycles. The van der Waals surface area contributed by atoms with Gasteiger partial charge < -0.3 is 4.90 Å². The van der Waals surface area contributed by atoms with E-state index in [-0.39, 0.29) is 10.8 Å². The van der Waals surface area contributed by atoms with Gasteiger partial charge in [0.15, 0.2) is 0 Å². The minimum Gasteiger partial charge on any atom is -0.310 e. The summed E-state index contributed by atoms with van der Waals surface area (Å²) >= 11 is 0. The van der Waals surface area contributed by atoms with Crippen molar-refractivity contribution in [1.29, 1.82) is 0 Å². The molecule has 0 amide bonds. The molecule has 1 nitrogen and oxygen atoms in total. The minimum atomic E-state index is -0.507. The molecule has 9 aromatic rings. The van der Waals surface area contributed by atoms with Crippen LogP contribution in [0, 0.1) is 23.7 Å². The van der Waals surface area contributed by atoms with Crippen molar-refractivity contribution in [3.05, 3.63) is 257 Å². The summed E-state index contributed by atoms with van der Waals surface area (Å²) in [6, 6.07) is 81.7. The summed E-state index contributed by atoms with van der Waals surface area (Å²) in [4.78, 5) is 2.61. The lowest BCUT2D eigenvalue weighted by atomic mass is 9.43. The summed E-state index contributed by atoms with van der Waals surface area (Å²) in [5, 5.41) is 0. The van der Waals surface area contributed by atoms with Crippen molar-refractivity contribution in [2.45, 2.75) is 62.2 Å². The SMILES string of the molecule is CC1(C)c2ccccc2-c2cccc(-c3cccc(N(c4ccc5c(c4)C(c4ccccc4)(c4ccccc4)c4ccccc4-5)c4ccc5c(c4)C4(c6ccccc6-5)C5CC6CC(C5)CC4C6)c3)c21. The molecule has 0 heterocycles. The van der Waals surface area contributed by atoms with Crippen LogP contribution >= 0.6 is 0 Å². The molecule has 16 rings (SSSR count). The van der Waals surface area contributed by atoms with Crippen molar-refractivity contribution < 1.29 is 0 Å². The molecule has 0 saturated heterocycles. The van der Waals surface area contributed by atoms with Crippen LogP contribution in [-0.2, 0) is 16.2 Å². The van der Waals surface area contributed by atoms with Gasteiger partial charge in [0.2, 0.25) is 0 Å². The highest BCUT2D eigenvalue weighted by atomic mass is 15.1. The van der Waals surface area contributed by atoms with Crippen LogP contribution in [0.3, 0.4) is 0 Å². The van der Waals surface area contributed by atoms with E-state index in [1.165, 1.54) is 127 Å². The predicted octanol–water partition coefficient (Wildman–Crippen LogP) is 17.2. The zero-order chi connectivity index (χ0) is 45.6. The molecule has 0 atom stereocenters. The maximum atomic E-state index is 2.67. The van der Waals surface area contributed by atoms with Crippen LogP contribution in [0.1, 0.15) is 90.5 Å². The summed E-state index contributed by atoms with van der Waals surface area (Å²) in [6.45, 7) is 4.82. The minimum absolute atomic E-state index is 0.0589. The maximum Gasteiger partial charge on any atom is 0.0714 e. The number of nitrogens with zero attached hydrogens (tertiary/aromatic N) is 1. The van der Waals surface area contributed by atoms with E-state index in [1.54, 1.807) is 11.1 Å². The summed E-state index contributed by atoms with van der Waals surface area (Å²) in [5.41, 5.74) is 25.0. The first-order valence-corrected chi connectivity index (χ1v) is 25.7. The predicted molar refractivity (Wildman–Crippen MR) is 285 cm³/mol. The fourth-order valence-electron chi connectivity index (χ4n) is 16.2. The van der Waals surface area contributed by atoms with Gasteiger partial charge in [-0.05, 0) is 181 Å². The Morgan fingerprint density at radius 2 is 0.812 bits per heavy atom. The van der Waals surface area contributed by atoms with E-state index in [0.29, 0.717) is 11.8 Å². The Morgan fingerprint density at radius 1 is 0.348 bits per heavy atom. The highest BCUT2D eigenvalue weighted by Gasteiger charge is 2.61. The number of hydrogen-bond acceptors (Lipinski definition) is 1. The monoisotopic (exact) mass is 885 g/mol. The molecule has 0 aromatic heterocycles. The lowest BCUT2D eigenvalue weighted by Gasteiger charge is -2.61. The number of rotatable bonds is 6. The molecule has 4 fully saturated rings. The van der Waals surface area contributed by atoms with E-state index in [2.05, 4.69) is 231 Å². The van der Waals surface area contributed by atoms with E-state index in [1.807, 2.05) is 0 Å². The molecule has 0 N–H and O–H groups in total. The smallest absolute Gasteiger partial charge is 0.0714 e. The van der Waals surface area contributed by atoms with Gasteiger partial charge in [-0.1, -0.05) is 190 Å². The van der Waals surface area contributed by atoms with Crippen LogP contribution in [-0.4, -0.2) is 0 Å². The normalized spacial score (nSPS) is 22.9. The molecule has 4 saturated carbocycles. The van der Waals surface area contributed by atoms with E-state index in [4.69, 9.17) is 0 Å². The van der Waals surface area contributed by atoms with Crippen molar-refractivity contribution in [2.24, 2.45) is 23.7 Å². The second-order valence-electron chi connectivity index (χ2n) is 22.0. The van der Waals surface area contributed by atoms with E-state index < -0.39 is 5.41 Å². The Hall–Kier alpha value is -7.22. The quantitative estimate of drug-likeness (QED) is 0.161. The fourth-order valence-corrected chi connectivity index (χ4v) is 16.2. The molecule has 4 bridgehead atoms. The second kappa shape index (κ2) is 14.4. The van der Waals surface area contributed by atoms with E-state index in [0.717, 1.165) is 11.8 Å². The molecular weight excluding hydrogens is 831 g/mol. The van der Waals surface area contributed by atoms with Crippen LogP contribution in [0.2, 0.25) is 0 Å². The molecule has 69 heavy (non-hydrogen) atoms. The molecule has 9 aromatic carbocycles. The molecule has 1 spiro atoms. The third-order valence-corrected chi connectivity index (χ3v) is 18.5. The van der Waals surface area contributed by atoms with Crippen molar-refractivity contribution in [1.82, 2.24) is 0 Å². The van der Waals surface area contributed by atoms with Crippen molar-refractivity contribution in [2.75, 3.05) is 4.90 Å². The number of fused-ring (bicyclic) bond motifs is 9. The third-order valence-electron chi connectivity index (χ3n) is 18.5. The Labute approximate surface area is 407 Å². The van der Waals surface area contributed by atoms with Gasteiger partial charge in [0.25, 0.3) is 0 Å². The summed E-state index contributed by atoms with van der Waals surface area (Å²) < 4.78 is 0. The van der Waals surface area contributed by atoms with Crippen LogP contribution in [0.15, 0.2) is 212 Å². The molecule has 0 radical (unpaired) electrons. The zero-order valence-electron chi connectivity index (χ0n) is 39.5. The van der Waals surface area contributed by atoms with Gasteiger partial charge in [-0.2, -0.15) is 0 Å². The van der Waals surface area contributed by atoms with Gasteiger partial charge in [-0.25, -0.2) is 0 Å². The van der Waals surface area contributed by atoms with Crippen LogP contribution < -0.4 is 4.90 Å². The average molecular weight is 886 g/mol. The standard InChI is InChI=1S/C68H55N/c1-66(2)60-28-12-9-25-56(60)59-27-16-26-53(65(59)66)45-17-15-22-50(40-45)69(52-32-34-58-55-24-11-14-30-62(55)68(64(58)42-52)48-36-43-35-44(38-48)39-49(68)37-43)51-31-33-57-54-23-10-13-29-61(54)67(63(57)41-51,46-18-5-3-6-19-46)47-20-7-4-8-21-47/h3-34,40-44,48-49H,35-39H2,1-2H3. The summed E-state index contributed by atoms with van der Waals surface area (Å²) in [5.74, 6) is 3.15. The molecule has 1 heteroatoms. The first kappa shape index (κ1) is 39.7. The number of anilines is 3. The number of benzene rings is 9. The molecule has 7 aliphatic rings. The van der Waals surface area contributed by atoms with Gasteiger partial charge in [-0.15, -0.1) is 0 Å². The van der Waals surface area contributed by atoms with E-state index in [9.17, 15) is 0 Å². The molecular formula is C68H55N. The summed E-state index contributed by atoms with van der Waals surface area (Å²) in [6.07, 6.45) is 6.91. The van der Waals surface area contributed by atoms with Gasteiger partial charge in [0.05, 0.1) is 5.41 Å². The molecule has 0 aliphatic heterocycles. The van der Waals surface area contributed by atoms with Gasteiger partial charge in [0, 0.05) is 27.9 Å². The van der Waals surface area contributed by atoms with Gasteiger partial charge in [-0.3, -0.25) is 0 Å². The van der Waals surface area contributed by atoms with Crippen molar-refractivity contribution in [3.63, 3.8) is 0 Å². The first-order chi connectivity index (χ1) is 33.9. The third kappa shape index (κ3) is 5.26. The average Bonchev–Trinajstić information content (AvgIpc) is 3.95. The zero-order valence-corrected chi connectivity index (χ0v) is 39.5. The van der Waals surface area contributed by atoms with Gasteiger partial charge >= 0.3 is 0 Å². The fraction of sp³-hybridized carbons (Fsp3) is 0.206. The van der Waals surface area contributed by atoms with Crippen LogP contribution in [0.4, 0.5) is 17.1 Å². The highest BCUT2D eigenvalue weighted by Crippen LogP contribution is 2.70. The summed E-state index contributed by atoms with van der Waals surface area (Å²) in [7, 11) is 0. The van der Waals surface area contributed by atoms with Gasteiger partial charge in [0.1, 0.15) is 0 Å². The number of hydrogen-bond donors (Lipinski definition) is 0. The van der Waals surface area contributed by atoms with E-state index >= 15 is 0 Å². The van der Waals surface area contributed by atoms with Crippen LogP contribution in [0.5, 0.6) is 0 Å². The maximum absolute atomic E-state index is 2.67. The first-order valence-electron chi connectivity index (χ1n) is 25.7. The lowest BCUT2D eigenvalue weighted by Crippen LogP contribution is -2.55. The molecule has 0 unspecified atom stereocenters. The Kier molecular flexibility index (Phi) is 8.30. The van der Waals surface area contributed by atoms with Crippen molar-refractivity contribution >= 4 is 17.1 Å². The second-order valence-corrected chi connectivity index (χ2v) is 22.0. The Balaban J connectivity index is 0.977. The topological polar surface area (TPSA) is 3.24 Å². The van der Waals surface area contributed by atoms with Crippen molar-refractivity contribution in [3.8, 4) is 44.5 Å².